The summed E-state index contributed by atoms with van der Waals surface area (Å²) in [5, 5.41) is 0. The van der Waals surface area contributed by atoms with Gasteiger partial charge in [-0.1, -0.05) is 27.2 Å². The van der Waals surface area contributed by atoms with Crippen LogP contribution in [0, 0.1) is 23.1 Å². The topological polar surface area (TPSA) is 89.5 Å². The molecule has 1 aromatic rings. The summed E-state index contributed by atoms with van der Waals surface area (Å²) >= 11 is 0. The van der Waals surface area contributed by atoms with Crippen molar-refractivity contribution in [3.8, 4) is 11.5 Å². The van der Waals surface area contributed by atoms with Gasteiger partial charge in [-0.05, 0) is 75.8 Å². The van der Waals surface area contributed by atoms with Crippen LogP contribution in [0.15, 0.2) is 6.07 Å². The summed E-state index contributed by atoms with van der Waals surface area (Å²) in [7, 11) is 0.527. The van der Waals surface area contributed by atoms with Crippen LogP contribution in [-0.4, -0.2) is 50.3 Å². The Hall–Kier alpha value is -2.33. The Bertz CT molecular complexity index is 1080. The predicted molar refractivity (Wildman–Crippen MR) is 139 cm³/mol. The van der Waals surface area contributed by atoms with Gasteiger partial charge in [0.25, 0.3) is 0 Å². The fraction of sp³-hybridized carbons (Fsp3) is 0.714. The third-order valence-electron chi connectivity index (χ3n) is 8.37. The van der Waals surface area contributed by atoms with Gasteiger partial charge in [-0.15, -0.1) is 0 Å². The average Bonchev–Trinajstić information content (AvgIpc) is 3.14. The molecule has 1 aliphatic heterocycles. The fourth-order valence-corrected chi connectivity index (χ4v) is 6.27. The first-order valence-electron chi connectivity index (χ1n) is 13.5. The summed E-state index contributed by atoms with van der Waals surface area (Å²) in [6.07, 6.45) is 2.35. The molecule has 0 spiro atoms. The standard InChI is InChI=1S/C28H40BFO8/c1-9-10-11-34-24(31)21-22(35-25(32)36-26(2,3)4)16(12-18(30)23(21)33-8)15-29-37-20-14-17-13-19(27(17,5)6)28(20,7)38-29/h12,17,19-20H,9-11,13-15H2,1-8H3. The molecule has 3 aliphatic carbocycles. The quantitative estimate of drug-likeness (QED) is 0.176. The normalized spacial score (nSPS) is 27.3. The van der Waals surface area contributed by atoms with E-state index < -0.39 is 36.3 Å². The van der Waals surface area contributed by atoms with Crippen LogP contribution in [0.3, 0.4) is 0 Å². The molecular formula is C28H40BFO8. The molecule has 10 heteroatoms. The summed E-state index contributed by atoms with van der Waals surface area (Å²) in [6, 6.07) is 1.18. The minimum absolute atomic E-state index is 0.0538. The maximum absolute atomic E-state index is 15.3. The number of esters is 1. The number of hydrogen-bond donors (Lipinski definition) is 0. The van der Waals surface area contributed by atoms with Crippen LogP contribution in [0.5, 0.6) is 11.5 Å². The first-order chi connectivity index (χ1) is 17.7. The van der Waals surface area contributed by atoms with Gasteiger partial charge in [0.05, 0.1) is 25.4 Å². The van der Waals surface area contributed by atoms with Crippen molar-refractivity contribution >= 4 is 19.2 Å². The van der Waals surface area contributed by atoms with Crippen molar-refractivity contribution in [1.29, 1.82) is 0 Å². The molecular weight excluding hydrogens is 494 g/mol. The first-order valence-corrected chi connectivity index (χ1v) is 13.5. The maximum atomic E-state index is 15.3. The van der Waals surface area contributed by atoms with Gasteiger partial charge in [-0.2, -0.15) is 0 Å². The van der Waals surface area contributed by atoms with E-state index >= 15 is 4.39 Å². The molecule has 2 bridgehead atoms. The number of carbonyl (C=O) groups is 2. The second kappa shape index (κ2) is 10.3. The Balaban J connectivity index is 1.68. The predicted octanol–water partition coefficient (Wildman–Crippen LogP) is 5.92. The van der Waals surface area contributed by atoms with Gasteiger partial charge in [-0.3, -0.25) is 0 Å². The molecule has 38 heavy (non-hydrogen) atoms. The van der Waals surface area contributed by atoms with E-state index in [0.717, 1.165) is 19.3 Å². The van der Waals surface area contributed by atoms with E-state index in [1.54, 1.807) is 20.8 Å². The molecule has 8 nitrogen and oxygen atoms in total. The second-order valence-electron chi connectivity index (χ2n) is 12.4. The summed E-state index contributed by atoms with van der Waals surface area (Å²) in [5.74, 6) is -1.28. The van der Waals surface area contributed by atoms with Crippen LogP contribution in [0.4, 0.5) is 9.18 Å². The maximum Gasteiger partial charge on any atom is 0.514 e. The van der Waals surface area contributed by atoms with Gasteiger partial charge in [0.1, 0.15) is 11.2 Å². The SMILES string of the molecule is CCCCOC(=O)c1c(OC)c(F)cc(CB2OC3CC4CC(C4(C)C)C3(C)O2)c1OC(=O)OC(C)(C)C. The Morgan fingerprint density at radius 3 is 2.50 bits per heavy atom. The Kier molecular flexibility index (Phi) is 7.80. The van der Waals surface area contributed by atoms with Crippen LogP contribution in [0.2, 0.25) is 0 Å². The first kappa shape index (κ1) is 28.7. The summed E-state index contributed by atoms with van der Waals surface area (Å²) < 4.78 is 49.6. The minimum Gasteiger partial charge on any atom is -0.493 e. The van der Waals surface area contributed by atoms with Crippen molar-refractivity contribution in [2.75, 3.05) is 13.7 Å². The van der Waals surface area contributed by atoms with Crippen molar-refractivity contribution in [1.82, 2.24) is 0 Å². The van der Waals surface area contributed by atoms with E-state index in [0.29, 0.717) is 18.3 Å². The van der Waals surface area contributed by atoms with Gasteiger partial charge < -0.3 is 28.3 Å². The number of benzene rings is 1. The van der Waals surface area contributed by atoms with E-state index in [9.17, 15) is 9.59 Å². The number of ether oxygens (including phenoxy) is 4. The third-order valence-corrected chi connectivity index (χ3v) is 8.37. The fourth-order valence-electron chi connectivity index (χ4n) is 6.27. The number of hydrogen-bond acceptors (Lipinski definition) is 8. The van der Waals surface area contributed by atoms with E-state index in [1.807, 2.05) is 6.92 Å². The lowest BCUT2D eigenvalue weighted by Gasteiger charge is -2.64. The molecule has 0 amide bonds. The molecule has 1 heterocycles. The molecule has 0 radical (unpaired) electrons. The lowest BCUT2D eigenvalue weighted by Crippen LogP contribution is -2.65. The number of rotatable bonds is 8. The molecule has 4 fully saturated rings. The van der Waals surface area contributed by atoms with Crippen molar-refractivity contribution < 1.29 is 42.2 Å². The Morgan fingerprint density at radius 1 is 1.18 bits per heavy atom. The molecule has 0 aromatic heterocycles. The molecule has 210 valence electrons. The van der Waals surface area contributed by atoms with Crippen LogP contribution < -0.4 is 9.47 Å². The summed E-state index contributed by atoms with van der Waals surface area (Å²) in [5.41, 5.74) is -1.25. The zero-order valence-corrected chi connectivity index (χ0v) is 23.8. The highest BCUT2D eigenvalue weighted by Gasteiger charge is 2.67. The smallest absolute Gasteiger partial charge is 0.493 e. The molecule has 4 unspecified atom stereocenters. The van der Waals surface area contributed by atoms with E-state index in [1.165, 1.54) is 13.2 Å². The van der Waals surface area contributed by atoms with Gasteiger partial charge in [0.2, 0.25) is 0 Å². The van der Waals surface area contributed by atoms with Gasteiger partial charge >= 0.3 is 19.2 Å². The van der Waals surface area contributed by atoms with Crippen molar-refractivity contribution in [3.63, 3.8) is 0 Å². The van der Waals surface area contributed by atoms with Crippen molar-refractivity contribution in [3.05, 3.63) is 23.0 Å². The highest BCUT2D eigenvalue weighted by atomic mass is 19.1. The Labute approximate surface area is 225 Å². The molecule has 1 aromatic carbocycles. The molecule has 4 atom stereocenters. The van der Waals surface area contributed by atoms with Crippen LogP contribution in [0.1, 0.15) is 90.1 Å². The van der Waals surface area contributed by atoms with Gasteiger partial charge in [0, 0.05) is 6.32 Å². The zero-order chi connectivity index (χ0) is 28.0. The van der Waals surface area contributed by atoms with Gasteiger partial charge in [0.15, 0.2) is 17.3 Å². The van der Waals surface area contributed by atoms with Crippen LogP contribution in [0.25, 0.3) is 0 Å². The highest BCUT2D eigenvalue weighted by molar-refractivity contribution is 6.45. The minimum atomic E-state index is -1.04. The molecule has 3 saturated carbocycles. The molecule has 0 N–H and O–H groups in total. The molecule has 4 aliphatic rings. The van der Waals surface area contributed by atoms with Crippen molar-refractivity contribution in [2.45, 2.75) is 97.8 Å². The lowest BCUT2D eigenvalue weighted by molar-refractivity contribution is -0.199. The van der Waals surface area contributed by atoms with Crippen molar-refractivity contribution in [2.24, 2.45) is 17.3 Å². The Morgan fingerprint density at radius 2 is 1.89 bits per heavy atom. The van der Waals surface area contributed by atoms with Crippen LogP contribution in [-0.2, 0) is 25.1 Å². The third kappa shape index (κ3) is 5.26. The number of unbranched alkanes of at least 4 members (excludes halogenated alkanes) is 1. The summed E-state index contributed by atoms with van der Waals surface area (Å²) in [6.45, 7) is 13.8. The molecule has 1 saturated heterocycles. The van der Waals surface area contributed by atoms with Gasteiger partial charge in [-0.25, -0.2) is 14.0 Å². The average molecular weight is 534 g/mol. The highest BCUT2D eigenvalue weighted by Crippen LogP contribution is 2.65. The molecule has 5 rings (SSSR count). The zero-order valence-electron chi connectivity index (χ0n) is 23.8. The van der Waals surface area contributed by atoms with E-state index in [2.05, 4.69) is 20.8 Å². The second-order valence-corrected chi connectivity index (χ2v) is 12.4. The van der Waals surface area contributed by atoms with E-state index in [-0.39, 0.29) is 47.1 Å². The van der Waals surface area contributed by atoms with Crippen LogP contribution >= 0.6 is 0 Å². The number of carbonyl (C=O) groups excluding carboxylic acids is 2. The van der Waals surface area contributed by atoms with E-state index in [4.69, 9.17) is 28.3 Å². The lowest BCUT2D eigenvalue weighted by atomic mass is 9.43. The largest absolute Gasteiger partial charge is 0.514 e. The summed E-state index contributed by atoms with van der Waals surface area (Å²) in [4.78, 5) is 25.9. The number of methoxy groups -OCH3 is 1. The monoisotopic (exact) mass is 534 g/mol. The number of halogens is 1.